The number of anilines is 1. The molecule has 39 heavy (non-hydrogen) atoms. The fourth-order valence-corrected chi connectivity index (χ4v) is 5.15. The average Bonchev–Trinajstić information content (AvgIpc) is 3.68. The Morgan fingerprint density at radius 1 is 1.05 bits per heavy atom. The average molecular weight is 552 g/mol. The molecule has 0 spiro atoms. The van der Waals surface area contributed by atoms with Crippen molar-refractivity contribution in [3.8, 4) is 11.5 Å². The summed E-state index contributed by atoms with van der Waals surface area (Å²) in [5.74, 6) is -0.256. The molecule has 0 aliphatic carbocycles. The van der Waals surface area contributed by atoms with Gasteiger partial charge in [-0.25, -0.2) is 0 Å². The molecule has 3 aromatic rings. The van der Waals surface area contributed by atoms with E-state index in [1.807, 2.05) is 25.1 Å². The molecule has 1 aliphatic rings. The van der Waals surface area contributed by atoms with Crippen LogP contribution in [-0.4, -0.2) is 57.7 Å². The van der Waals surface area contributed by atoms with Gasteiger partial charge < -0.3 is 24.8 Å². The largest absolute Gasteiger partial charge is 0.493 e. The van der Waals surface area contributed by atoms with Crippen LogP contribution < -0.4 is 25.0 Å². The third-order valence-corrected chi connectivity index (χ3v) is 7.32. The van der Waals surface area contributed by atoms with Crippen LogP contribution in [0, 0.1) is 6.92 Å². The van der Waals surface area contributed by atoms with Gasteiger partial charge in [-0.3, -0.25) is 19.3 Å². The number of carbonyl (C=O) groups excluding carboxylic acids is 3. The molecule has 1 saturated heterocycles. The second kappa shape index (κ2) is 13.3. The number of ether oxygens (including phenoxy) is 3. The molecule has 9 nitrogen and oxygen atoms in total. The lowest BCUT2D eigenvalue weighted by atomic mass is 10.0. The summed E-state index contributed by atoms with van der Waals surface area (Å²) in [6.45, 7) is 2.60. The highest BCUT2D eigenvalue weighted by molar-refractivity contribution is 7.12. The van der Waals surface area contributed by atoms with E-state index in [2.05, 4.69) is 10.6 Å². The number of rotatable bonds is 11. The van der Waals surface area contributed by atoms with Crippen molar-refractivity contribution >= 4 is 34.7 Å². The maximum Gasteiger partial charge on any atom is 0.261 e. The lowest BCUT2D eigenvalue weighted by Gasteiger charge is -2.32. The van der Waals surface area contributed by atoms with E-state index in [9.17, 15) is 14.4 Å². The van der Waals surface area contributed by atoms with Crippen LogP contribution in [0.4, 0.5) is 5.69 Å². The van der Waals surface area contributed by atoms with Gasteiger partial charge in [-0.1, -0.05) is 24.3 Å². The minimum atomic E-state index is -1.06. The Bertz CT molecular complexity index is 1290. The zero-order valence-corrected chi connectivity index (χ0v) is 23.1. The summed E-state index contributed by atoms with van der Waals surface area (Å²) in [6, 6.07) is 14.9. The molecule has 1 fully saturated rings. The second-order valence-corrected chi connectivity index (χ2v) is 10.1. The van der Waals surface area contributed by atoms with Gasteiger partial charge in [-0.15, -0.1) is 11.3 Å². The number of hydrogen-bond acceptors (Lipinski definition) is 7. The zero-order chi connectivity index (χ0) is 27.8. The summed E-state index contributed by atoms with van der Waals surface area (Å²) in [5.41, 5.74) is 1.97. The van der Waals surface area contributed by atoms with E-state index in [1.54, 1.807) is 41.8 Å². The normalized spacial score (nSPS) is 15.3. The van der Waals surface area contributed by atoms with Crippen LogP contribution in [0.2, 0.25) is 0 Å². The van der Waals surface area contributed by atoms with E-state index in [-0.39, 0.29) is 24.5 Å². The fourth-order valence-electron chi connectivity index (χ4n) is 4.51. The predicted molar refractivity (Wildman–Crippen MR) is 150 cm³/mol. The van der Waals surface area contributed by atoms with Crippen LogP contribution in [0.5, 0.6) is 11.5 Å². The van der Waals surface area contributed by atoms with E-state index in [1.165, 1.54) is 30.5 Å². The van der Waals surface area contributed by atoms with E-state index < -0.39 is 11.9 Å². The highest BCUT2D eigenvalue weighted by atomic mass is 32.1. The molecule has 2 aromatic carbocycles. The quantitative estimate of drug-likeness (QED) is 0.375. The van der Waals surface area contributed by atoms with Crippen molar-refractivity contribution in [1.82, 2.24) is 10.6 Å². The first-order chi connectivity index (χ1) is 18.9. The van der Waals surface area contributed by atoms with Crippen molar-refractivity contribution in [2.75, 3.05) is 38.8 Å². The summed E-state index contributed by atoms with van der Waals surface area (Å²) in [7, 11) is 3.04. The molecule has 206 valence electrons. The number of carbonyl (C=O) groups is 3. The Kier molecular flexibility index (Phi) is 9.56. The molecule has 10 heteroatoms. The molecule has 2 atom stereocenters. The van der Waals surface area contributed by atoms with Crippen LogP contribution >= 0.6 is 11.3 Å². The molecule has 4 rings (SSSR count). The molecule has 3 amide bonds. The van der Waals surface area contributed by atoms with Gasteiger partial charge in [0.25, 0.3) is 5.91 Å². The maximum absolute atomic E-state index is 13.9. The number of amides is 3. The molecular weight excluding hydrogens is 518 g/mol. The summed E-state index contributed by atoms with van der Waals surface area (Å²) < 4.78 is 16.6. The van der Waals surface area contributed by atoms with Crippen LogP contribution in [0.3, 0.4) is 0 Å². The minimum absolute atomic E-state index is 0.0757. The van der Waals surface area contributed by atoms with Crippen molar-refractivity contribution in [2.45, 2.75) is 31.9 Å². The zero-order valence-electron chi connectivity index (χ0n) is 22.3. The summed E-state index contributed by atoms with van der Waals surface area (Å²) in [5, 5.41) is 7.47. The topological polar surface area (TPSA) is 106 Å². The summed E-state index contributed by atoms with van der Waals surface area (Å²) in [6.07, 6.45) is 1.72. The van der Waals surface area contributed by atoms with Gasteiger partial charge in [0, 0.05) is 18.8 Å². The van der Waals surface area contributed by atoms with Gasteiger partial charge in [0.1, 0.15) is 6.04 Å². The molecular formula is C29H33N3O6S. The Labute approximate surface area is 232 Å². The number of methoxy groups -OCH3 is 2. The highest BCUT2D eigenvalue weighted by Crippen LogP contribution is 2.34. The molecule has 1 aliphatic heterocycles. The Balaban J connectivity index is 1.71. The van der Waals surface area contributed by atoms with Gasteiger partial charge in [-0.05, 0) is 66.6 Å². The molecule has 2 unspecified atom stereocenters. The van der Waals surface area contributed by atoms with Crippen LogP contribution in [0.25, 0.3) is 0 Å². The number of thiophene rings is 1. The fraction of sp³-hybridized carbons (Fsp3) is 0.345. The Hall–Kier alpha value is -3.89. The van der Waals surface area contributed by atoms with Crippen LogP contribution in [0.1, 0.15) is 39.7 Å². The Morgan fingerprint density at radius 2 is 1.87 bits per heavy atom. The monoisotopic (exact) mass is 551 g/mol. The predicted octanol–water partition coefficient (Wildman–Crippen LogP) is 3.87. The highest BCUT2D eigenvalue weighted by Gasteiger charge is 2.34. The molecule has 2 N–H and O–H groups in total. The van der Waals surface area contributed by atoms with Crippen molar-refractivity contribution in [3.63, 3.8) is 0 Å². The van der Waals surface area contributed by atoms with Crippen molar-refractivity contribution < 1.29 is 28.6 Å². The molecule has 0 saturated carbocycles. The molecule has 0 bridgehead atoms. The van der Waals surface area contributed by atoms with Gasteiger partial charge in [0.05, 0.1) is 31.7 Å². The van der Waals surface area contributed by atoms with Crippen molar-refractivity contribution in [1.29, 1.82) is 0 Å². The number of hydrogen-bond donors (Lipinski definition) is 2. The van der Waals surface area contributed by atoms with Gasteiger partial charge in [-0.2, -0.15) is 0 Å². The molecule has 1 aromatic heterocycles. The first kappa shape index (κ1) is 28.1. The van der Waals surface area contributed by atoms with Crippen molar-refractivity contribution in [2.24, 2.45) is 0 Å². The first-order valence-electron chi connectivity index (χ1n) is 12.7. The van der Waals surface area contributed by atoms with Gasteiger partial charge in [0.2, 0.25) is 11.8 Å². The van der Waals surface area contributed by atoms with E-state index >= 15 is 0 Å². The first-order valence-corrected chi connectivity index (χ1v) is 13.6. The van der Waals surface area contributed by atoms with E-state index in [4.69, 9.17) is 14.2 Å². The third-order valence-electron chi connectivity index (χ3n) is 6.45. The van der Waals surface area contributed by atoms with E-state index in [0.717, 1.165) is 18.4 Å². The number of nitrogens with one attached hydrogen (secondary N) is 2. The number of benzene rings is 2. The number of nitrogens with zero attached hydrogens (tertiary/aromatic N) is 1. The second-order valence-electron chi connectivity index (χ2n) is 9.16. The smallest absolute Gasteiger partial charge is 0.261 e. The lowest BCUT2D eigenvalue weighted by molar-refractivity contribution is -0.126. The standard InChI is InChI=1S/C29H33N3O6S/c1-19-7-4-8-21(15-19)32(26(33)18-31-28(34)25-10-6-14-39-25)27(29(35)30-17-22-9-5-13-38-22)20-11-12-23(36-2)24(16-20)37-3/h4,6-8,10-12,14-16,22,27H,5,9,13,17-18H2,1-3H3,(H,30,35)(H,31,34). The Morgan fingerprint density at radius 3 is 2.54 bits per heavy atom. The van der Waals surface area contributed by atoms with Crippen molar-refractivity contribution in [3.05, 3.63) is 76.0 Å². The molecule has 2 heterocycles. The summed E-state index contributed by atoms with van der Waals surface area (Å²) >= 11 is 1.28. The van der Waals surface area contributed by atoms with Crippen LogP contribution in [0.15, 0.2) is 60.0 Å². The minimum Gasteiger partial charge on any atom is -0.493 e. The third kappa shape index (κ3) is 6.96. The molecule has 0 radical (unpaired) electrons. The summed E-state index contributed by atoms with van der Waals surface area (Å²) in [4.78, 5) is 42.2. The number of aryl methyl sites for hydroxylation is 1. The maximum atomic E-state index is 13.9. The van der Waals surface area contributed by atoms with Gasteiger partial charge in [0.15, 0.2) is 11.5 Å². The lowest BCUT2D eigenvalue weighted by Crippen LogP contribution is -2.48. The SMILES string of the molecule is COc1ccc(C(C(=O)NCC2CCCO2)N(C(=O)CNC(=O)c2cccs2)c2cccc(C)c2)cc1OC. The van der Waals surface area contributed by atoms with E-state index in [0.29, 0.717) is 40.8 Å². The van der Waals surface area contributed by atoms with Gasteiger partial charge >= 0.3 is 0 Å². The van der Waals surface area contributed by atoms with Crippen LogP contribution in [-0.2, 0) is 14.3 Å².